The number of amides is 1. The van der Waals surface area contributed by atoms with Gasteiger partial charge in [0, 0.05) is 12.5 Å². The monoisotopic (exact) mass is 291 g/mol. The molecule has 1 atom stereocenters. The van der Waals surface area contributed by atoms with Crippen molar-refractivity contribution in [1.29, 1.82) is 0 Å². The number of rotatable bonds is 7. The van der Waals surface area contributed by atoms with Crippen LogP contribution in [-0.4, -0.2) is 36.5 Å². The molecule has 0 spiro atoms. The maximum atomic E-state index is 12.6. The van der Waals surface area contributed by atoms with Crippen LogP contribution in [0.1, 0.15) is 13.8 Å². The SMILES string of the molecule is CC(C)C(CNC(=O)C(F)(F)C(F)F)C(=O)CCl. The lowest BCUT2D eigenvalue weighted by Gasteiger charge is -2.21. The zero-order valence-corrected chi connectivity index (χ0v) is 10.6. The van der Waals surface area contributed by atoms with E-state index in [0.717, 1.165) is 0 Å². The third-order valence-corrected chi connectivity index (χ3v) is 2.67. The minimum Gasteiger partial charge on any atom is -0.350 e. The van der Waals surface area contributed by atoms with Gasteiger partial charge in [-0.1, -0.05) is 13.8 Å². The average Bonchev–Trinajstić information content (AvgIpc) is 2.27. The zero-order valence-electron chi connectivity index (χ0n) is 9.85. The smallest absolute Gasteiger partial charge is 0.350 e. The molecular formula is C10H14ClF4NO2. The molecule has 0 aromatic carbocycles. The van der Waals surface area contributed by atoms with E-state index in [1.165, 1.54) is 0 Å². The van der Waals surface area contributed by atoms with E-state index < -0.39 is 36.5 Å². The Hall–Kier alpha value is -0.850. The van der Waals surface area contributed by atoms with Gasteiger partial charge in [0.15, 0.2) is 5.78 Å². The molecule has 0 fully saturated rings. The van der Waals surface area contributed by atoms with Crippen molar-refractivity contribution in [2.24, 2.45) is 11.8 Å². The highest BCUT2D eigenvalue weighted by molar-refractivity contribution is 6.27. The summed E-state index contributed by atoms with van der Waals surface area (Å²) < 4.78 is 48.9. The van der Waals surface area contributed by atoms with E-state index in [1.807, 2.05) is 0 Å². The number of hydrogen-bond acceptors (Lipinski definition) is 2. The molecule has 0 saturated carbocycles. The molecule has 0 bridgehead atoms. The second-order valence-corrected chi connectivity index (χ2v) is 4.35. The Bertz CT molecular complexity index is 310. The topological polar surface area (TPSA) is 46.2 Å². The normalized spacial score (nSPS) is 13.8. The number of carbonyl (C=O) groups is 2. The molecule has 3 nitrogen and oxygen atoms in total. The van der Waals surface area contributed by atoms with Crippen LogP contribution in [-0.2, 0) is 9.59 Å². The molecule has 0 aliphatic carbocycles. The van der Waals surface area contributed by atoms with Crippen molar-refractivity contribution >= 4 is 23.3 Å². The van der Waals surface area contributed by atoms with Crippen LogP contribution in [0.25, 0.3) is 0 Å². The molecule has 1 N–H and O–H groups in total. The standard InChI is InChI=1S/C10H14ClF4NO2/c1-5(2)6(7(17)3-11)4-16-9(18)10(14,15)8(12)13/h5-6,8H,3-4H2,1-2H3,(H,16,18). The largest absolute Gasteiger partial charge is 0.383 e. The van der Waals surface area contributed by atoms with Crippen molar-refractivity contribution in [1.82, 2.24) is 5.32 Å². The molecule has 0 rings (SSSR count). The van der Waals surface area contributed by atoms with Gasteiger partial charge in [0.2, 0.25) is 0 Å². The molecule has 1 unspecified atom stereocenters. The molecule has 8 heteroatoms. The zero-order chi connectivity index (χ0) is 14.5. The lowest BCUT2D eigenvalue weighted by atomic mass is 9.92. The summed E-state index contributed by atoms with van der Waals surface area (Å²) in [4.78, 5) is 22.2. The molecule has 0 aromatic heterocycles. The molecule has 0 aromatic rings. The lowest BCUT2D eigenvalue weighted by molar-refractivity contribution is -0.169. The first kappa shape index (κ1) is 17.2. The van der Waals surface area contributed by atoms with Gasteiger partial charge in [-0.05, 0) is 5.92 Å². The number of nitrogens with one attached hydrogen (secondary N) is 1. The van der Waals surface area contributed by atoms with Gasteiger partial charge in [0.25, 0.3) is 5.91 Å². The van der Waals surface area contributed by atoms with E-state index in [0.29, 0.717) is 0 Å². The summed E-state index contributed by atoms with van der Waals surface area (Å²) in [5.74, 6) is -8.65. The van der Waals surface area contributed by atoms with E-state index in [-0.39, 0.29) is 11.8 Å². The van der Waals surface area contributed by atoms with Crippen LogP contribution in [0.3, 0.4) is 0 Å². The van der Waals surface area contributed by atoms with E-state index >= 15 is 0 Å². The number of carbonyl (C=O) groups excluding carboxylic acids is 2. The van der Waals surface area contributed by atoms with Crippen molar-refractivity contribution in [3.05, 3.63) is 0 Å². The summed E-state index contributed by atoms with van der Waals surface area (Å²) in [6, 6.07) is 0. The van der Waals surface area contributed by atoms with Gasteiger partial charge in [0.1, 0.15) is 0 Å². The molecule has 18 heavy (non-hydrogen) atoms. The minimum absolute atomic E-state index is 0.253. The first-order valence-electron chi connectivity index (χ1n) is 5.17. The van der Waals surface area contributed by atoms with E-state index in [2.05, 4.69) is 0 Å². The third kappa shape index (κ3) is 4.44. The van der Waals surface area contributed by atoms with Crippen LogP contribution < -0.4 is 5.32 Å². The second-order valence-electron chi connectivity index (χ2n) is 4.08. The molecule has 106 valence electrons. The summed E-state index contributed by atoms with van der Waals surface area (Å²) >= 11 is 5.32. The fourth-order valence-electron chi connectivity index (χ4n) is 1.24. The predicted octanol–water partition coefficient (Wildman–Crippen LogP) is 2.08. The Kier molecular flexibility index (Phi) is 6.59. The van der Waals surface area contributed by atoms with Gasteiger partial charge in [-0.2, -0.15) is 8.78 Å². The van der Waals surface area contributed by atoms with Crippen LogP contribution in [0.15, 0.2) is 0 Å². The van der Waals surface area contributed by atoms with Crippen LogP contribution in [0.2, 0.25) is 0 Å². The fourth-order valence-corrected chi connectivity index (χ4v) is 1.44. The van der Waals surface area contributed by atoms with Gasteiger partial charge in [0.05, 0.1) is 5.88 Å². The quantitative estimate of drug-likeness (QED) is 0.577. The Balaban J connectivity index is 4.55. The second kappa shape index (κ2) is 6.92. The van der Waals surface area contributed by atoms with Crippen molar-refractivity contribution < 1.29 is 27.2 Å². The molecule has 0 radical (unpaired) electrons. The van der Waals surface area contributed by atoms with E-state index in [1.54, 1.807) is 19.2 Å². The van der Waals surface area contributed by atoms with Crippen LogP contribution >= 0.6 is 11.6 Å². The van der Waals surface area contributed by atoms with Crippen LogP contribution in [0, 0.1) is 11.8 Å². The lowest BCUT2D eigenvalue weighted by Crippen LogP contribution is -2.48. The summed E-state index contributed by atoms with van der Waals surface area (Å²) in [7, 11) is 0. The maximum absolute atomic E-state index is 12.6. The average molecular weight is 292 g/mol. The molecule has 1 amide bonds. The van der Waals surface area contributed by atoms with Crippen molar-refractivity contribution in [3.63, 3.8) is 0 Å². The van der Waals surface area contributed by atoms with Crippen molar-refractivity contribution in [3.8, 4) is 0 Å². The molecule has 0 aliphatic heterocycles. The maximum Gasteiger partial charge on any atom is 0.383 e. The molecule has 0 heterocycles. The van der Waals surface area contributed by atoms with Crippen LogP contribution in [0.4, 0.5) is 17.6 Å². The van der Waals surface area contributed by atoms with Gasteiger partial charge in [-0.25, -0.2) is 8.78 Å². The fraction of sp³-hybridized carbons (Fsp3) is 0.800. The summed E-state index contributed by atoms with van der Waals surface area (Å²) in [6.45, 7) is 2.82. The summed E-state index contributed by atoms with van der Waals surface area (Å²) in [5, 5.41) is 1.65. The number of hydrogen-bond donors (Lipinski definition) is 1. The van der Waals surface area contributed by atoms with E-state index in [4.69, 9.17) is 11.6 Å². The highest BCUT2D eigenvalue weighted by Crippen LogP contribution is 2.23. The first-order valence-corrected chi connectivity index (χ1v) is 5.71. The summed E-state index contributed by atoms with van der Waals surface area (Å²) in [6.07, 6.45) is -4.08. The predicted molar refractivity (Wildman–Crippen MR) is 58.0 cm³/mol. The number of ketones is 1. The number of Topliss-reactive ketones (excluding diaryl/α,β-unsaturated/α-hetero) is 1. The Morgan fingerprint density at radius 3 is 2.11 bits per heavy atom. The van der Waals surface area contributed by atoms with E-state index in [9.17, 15) is 27.2 Å². The molecule has 0 saturated heterocycles. The Morgan fingerprint density at radius 1 is 1.28 bits per heavy atom. The highest BCUT2D eigenvalue weighted by atomic mass is 35.5. The van der Waals surface area contributed by atoms with Crippen LogP contribution in [0.5, 0.6) is 0 Å². The molecular weight excluding hydrogens is 278 g/mol. The van der Waals surface area contributed by atoms with Gasteiger partial charge < -0.3 is 5.32 Å². The first-order chi connectivity index (χ1) is 8.14. The minimum atomic E-state index is -4.76. The Labute approximate surface area is 107 Å². The third-order valence-electron chi connectivity index (χ3n) is 2.41. The van der Waals surface area contributed by atoms with Crippen molar-refractivity contribution in [2.45, 2.75) is 26.2 Å². The van der Waals surface area contributed by atoms with Gasteiger partial charge in [-0.3, -0.25) is 9.59 Å². The molecule has 0 aliphatic rings. The summed E-state index contributed by atoms with van der Waals surface area (Å²) in [5.41, 5.74) is 0. The Morgan fingerprint density at radius 2 is 1.78 bits per heavy atom. The number of halogens is 5. The highest BCUT2D eigenvalue weighted by Gasteiger charge is 2.49. The van der Waals surface area contributed by atoms with Crippen molar-refractivity contribution in [2.75, 3.05) is 12.4 Å². The van der Waals surface area contributed by atoms with Gasteiger partial charge >= 0.3 is 12.3 Å². The number of alkyl halides is 5. The van der Waals surface area contributed by atoms with Gasteiger partial charge in [-0.15, -0.1) is 11.6 Å².